The Morgan fingerprint density at radius 2 is 1.69 bits per heavy atom. The van der Waals surface area contributed by atoms with Gasteiger partial charge in [-0.05, 0) is 50.5 Å². The van der Waals surface area contributed by atoms with E-state index in [1.54, 1.807) is 12.1 Å². The van der Waals surface area contributed by atoms with Crippen molar-refractivity contribution in [1.29, 1.82) is 0 Å². The van der Waals surface area contributed by atoms with Gasteiger partial charge in [0.2, 0.25) is 5.91 Å². The van der Waals surface area contributed by atoms with E-state index in [1.165, 1.54) is 11.1 Å². The third-order valence-corrected chi connectivity index (χ3v) is 5.61. The highest BCUT2D eigenvalue weighted by Crippen LogP contribution is 2.24. The summed E-state index contributed by atoms with van der Waals surface area (Å²) in [5.74, 6) is -0.199. The van der Waals surface area contributed by atoms with Crippen LogP contribution in [0.2, 0.25) is 0 Å². The number of nitrogens with one attached hydrogen (secondary N) is 2. The number of fused-ring (bicyclic) bond motifs is 1. The summed E-state index contributed by atoms with van der Waals surface area (Å²) >= 11 is 0. The van der Waals surface area contributed by atoms with Crippen LogP contribution in [0.1, 0.15) is 48.7 Å². The first kappa shape index (κ1) is 21.1. The molecule has 0 fully saturated rings. The summed E-state index contributed by atoms with van der Waals surface area (Å²) < 4.78 is 0. The average Bonchev–Trinajstić information content (AvgIpc) is 2.72. The van der Waals surface area contributed by atoms with Crippen molar-refractivity contribution >= 4 is 11.8 Å². The van der Waals surface area contributed by atoms with Gasteiger partial charge in [0, 0.05) is 43.2 Å². The summed E-state index contributed by atoms with van der Waals surface area (Å²) in [5, 5.41) is 5.94. The van der Waals surface area contributed by atoms with Gasteiger partial charge in [-0.2, -0.15) is 0 Å². The molecule has 3 rings (SSSR count). The predicted molar refractivity (Wildman–Crippen MR) is 116 cm³/mol. The number of rotatable bonds is 7. The third kappa shape index (κ3) is 5.67. The van der Waals surface area contributed by atoms with Gasteiger partial charge in [-0.25, -0.2) is 0 Å². The van der Waals surface area contributed by atoms with Crippen molar-refractivity contribution in [1.82, 2.24) is 15.5 Å². The second-order valence-electron chi connectivity index (χ2n) is 8.47. The lowest BCUT2D eigenvalue weighted by molar-refractivity contribution is -0.122. The molecule has 0 spiro atoms. The Bertz CT molecular complexity index is 848. The van der Waals surface area contributed by atoms with Gasteiger partial charge >= 0.3 is 0 Å². The minimum absolute atomic E-state index is 0.0450. The number of hydrogen-bond acceptors (Lipinski definition) is 3. The fourth-order valence-electron chi connectivity index (χ4n) is 3.74. The second-order valence-corrected chi connectivity index (χ2v) is 8.47. The molecule has 0 saturated heterocycles. The molecule has 2 amide bonds. The Kier molecular flexibility index (Phi) is 6.70. The number of benzene rings is 2. The molecule has 0 bridgehead atoms. The van der Waals surface area contributed by atoms with Crippen molar-refractivity contribution in [3.8, 4) is 0 Å². The second kappa shape index (κ2) is 9.23. The minimum atomic E-state index is -0.229. The lowest BCUT2D eigenvalue weighted by atomic mass is 9.94. The monoisotopic (exact) mass is 393 g/mol. The van der Waals surface area contributed by atoms with E-state index in [2.05, 4.69) is 53.6 Å². The quantitative estimate of drug-likeness (QED) is 0.760. The topological polar surface area (TPSA) is 61.4 Å². The molecule has 0 aliphatic carbocycles. The van der Waals surface area contributed by atoms with E-state index in [4.69, 9.17) is 0 Å². The number of carbonyl (C=O) groups excluding carboxylic acids is 2. The van der Waals surface area contributed by atoms with Gasteiger partial charge in [0.15, 0.2) is 0 Å². The van der Waals surface area contributed by atoms with Crippen molar-refractivity contribution < 1.29 is 9.59 Å². The molecule has 1 aliphatic heterocycles. The summed E-state index contributed by atoms with van der Waals surface area (Å²) in [4.78, 5) is 27.1. The van der Waals surface area contributed by atoms with Gasteiger partial charge in [0.05, 0.1) is 0 Å². The Hall–Kier alpha value is -2.66. The number of amides is 2. The van der Waals surface area contributed by atoms with Crippen LogP contribution < -0.4 is 10.6 Å². The molecule has 1 aliphatic rings. The Morgan fingerprint density at radius 1 is 1.03 bits per heavy atom. The van der Waals surface area contributed by atoms with Crippen LogP contribution in [0.3, 0.4) is 0 Å². The van der Waals surface area contributed by atoms with Gasteiger partial charge in [-0.15, -0.1) is 0 Å². The van der Waals surface area contributed by atoms with Gasteiger partial charge in [-0.1, -0.05) is 42.5 Å². The van der Waals surface area contributed by atoms with E-state index in [0.717, 1.165) is 19.5 Å². The maximum Gasteiger partial charge on any atom is 0.251 e. The number of carbonyl (C=O) groups is 2. The highest BCUT2D eigenvalue weighted by atomic mass is 16.2. The fourth-order valence-corrected chi connectivity index (χ4v) is 3.74. The zero-order chi connectivity index (χ0) is 20.9. The largest absolute Gasteiger partial charge is 0.354 e. The van der Waals surface area contributed by atoms with Crippen LogP contribution in [-0.2, 0) is 17.8 Å². The van der Waals surface area contributed by atoms with E-state index in [9.17, 15) is 9.59 Å². The van der Waals surface area contributed by atoms with Crippen molar-refractivity contribution in [2.24, 2.45) is 0 Å². The van der Waals surface area contributed by atoms with Gasteiger partial charge < -0.3 is 10.6 Å². The maximum atomic E-state index is 12.4. The normalized spacial score (nSPS) is 15.3. The van der Waals surface area contributed by atoms with Gasteiger partial charge in [0.1, 0.15) is 0 Å². The van der Waals surface area contributed by atoms with Crippen LogP contribution in [0.5, 0.6) is 0 Å². The first-order chi connectivity index (χ1) is 13.8. The molecule has 1 atom stereocenters. The zero-order valence-electron chi connectivity index (χ0n) is 17.6. The molecule has 1 unspecified atom stereocenters. The van der Waals surface area contributed by atoms with Gasteiger partial charge in [-0.3, -0.25) is 14.5 Å². The summed E-state index contributed by atoms with van der Waals surface area (Å²) in [6.07, 6.45) is 1.30. The van der Waals surface area contributed by atoms with Crippen molar-refractivity contribution in [3.63, 3.8) is 0 Å². The highest BCUT2D eigenvalue weighted by molar-refractivity contribution is 5.94. The van der Waals surface area contributed by atoms with E-state index >= 15 is 0 Å². The molecule has 2 aromatic carbocycles. The molecule has 2 aromatic rings. The molecule has 0 radical (unpaired) electrons. The maximum absolute atomic E-state index is 12.4. The van der Waals surface area contributed by atoms with Crippen LogP contribution in [0.25, 0.3) is 0 Å². The van der Waals surface area contributed by atoms with Crippen LogP contribution in [0.15, 0.2) is 54.6 Å². The summed E-state index contributed by atoms with van der Waals surface area (Å²) in [5.41, 5.74) is 3.26. The van der Waals surface area contributed by atoms with Crippen molar-refractivity contribution in [3.05, 3.63) is 71.3 Å². The summed E-state index contributed by atoms with van der Waals surface area (Å²) in [7, 11) is 0. The Balaban J connectivity index is 1.46. The number of nitrogens with zero attached hydrogens (tertiary/aromatic N) is 1. The zero-order valence-corrected chi connectivity index (χ0v) is 17.6. The van der Waals surface area contributed by atoms with E-state index < -0.39 is 0 Å². The molecule has 5 nitrogen and oxygen atoms in total. The SMILES string of the molecule is CC(CC(=O)NCC(C)(C)N1CCc2ccccc2C1)NC(=O)c1ccccc1. The van der Waals surface area contributed by atoms with E-state index in [1.807, 2.05) is 25.1 Å². The molecule has 29 heavy (non-hydrogen) atoms. The van der Waals surface area contributed by atoms with Crippen LogP contribution >= 0.6 is 0 Å². The number of hydrogen-bond donors (Lipinski definition) is 2. The predicted octanol–water partition coefficient (Wildman–Crippen LogP) is 3.15. The molecule has 154 valence electrons. The van der Waals surface area contributed by atoms with Gasteiger partial charge in [0.25, 0.3) is 5.91 Å². The lowest BCUT2D eigenvalue weighted by Gasteiger charge is -2.41. The molecule has 2 N–H and O–H groups in total. The fraction of sp³-hybridized carbons (Fsp3) is 0.417. The molecule has 0 aromatic heterocycles. The summed E-state index contributed by atoms with van der Waals surface area (Å²) in [6.45, 7) is 8.66. The standard InChI is InChI=1S/C24H31N3O2/c1-18(26-23(29)20-10-5-4-6-11-20)15-22(28)25-17-24(2,3)27-14-13-19-9-7-8-12-21(19)16-27/h4-12,18H,13-17H2,1-3H3,(H,25,28)(H,26,29). The van der Waals surface area contributed by atoms with Crippen molar-refractivity contribution in [2.75, 3.05) is 13.1 Å². The third-order valence-electron chi connectivity index (χ3n) is 5.61. The first-order valence-electron chi connectivity index (χ1n) is 10.3. The molecular formula is C24H31N3O2. The molecular weight excluding hydrogens is 362 g/mol. The summed E-state index contributed by atoms with van der Waals surface area (Å²) in [6, 6.07) is 17.4. The Morgan fingerprint density at radius 3 is 2.41 bits per heavy atom. The molecule has 0 saturated carbocycles. The molecule has 1 heterocycles. The van der Waals surface area contributed by atoms with Crippen molar-refractivity contribution in [2.45, 2.75) is 51.7 Å². The Labute approximate surface area is 173 Å². The highest BCUT2D eigenvalue weighted by Gasteiger charge is 2.30. The molecule has 5 heteroatoms. The lowest BCUT2D eigenvalue weighted by Crippen LogP contribution is -2.53. The van der Waals surface area contributed by atoms with E-state index in [-0.39, 0.29) is 29.8 Å². The van der Waals surface area contributed by atoms with Crippen LogP contribution in [-0.4, -0.2) is 41.4 Å². The minimum Gasteiger partial charge on any atom is -0.354 e. The first-order valence-corrected chi connectivity index (χ1v) is 10.3. The van der Waals surface area contributed by atoms with Crippen LogP contribution in [0, 0.1) is 0 Å². The smallest absolute Gasteiger partial charge is 0.251 e. The van der Waals surface area contributed by atoms with E-state index in [0.29, 0.717) is 12.1 Å². The van der Waals surface area contributed by atoms with Crippen LogP contribution in [0.4, 0.5) is 0 Å². The average molecular weight is 394 g/mol.